The molecule has 6 nitrogen and oxygen atoms in total. The van der Waals surface area contributed by atoms with Gasteiger partial charge in [0.05, 0.1) is 12.7 Å². The van der Waals surface area contributed by atoms with Crippen molar-refractivity contribution >= 4 is 27.5 Å². The Morgan fingerprint density at radius 2 is 2.14 bits per heavy atom. The van der Waals surface area contributed by atoms with Crippen molar-refractivity contribution in [3.05, 3.63) is 11.9 Å². The molecular formula is C19H24F2N2O4S. The van der Waals surface area contributed by atoms with Crippen molar-refractivity contribution in [3.8, 4) is 11.1 Å². The smallest absolute Gasteiger partial charge is 0.275 e. The van der Waals surface area contributed by atoms with Crippen molar-refractivity contribution in [3.63, 3.8) is 0 Å². The number of thiazole rings is 1. The number of fused-ring (bicyclic) bond motifs is 1. The normalized spacial score (nSPS) is 22.7. The number of rotatable bonds is 10. The van der Waals surface area contributed by atoms with Gasteiger partial charge in [-0.1, -0.05) is 18.3 Å². The topological polar surface area (TPSA) is 70.5 Å². The fourth-order valence-corrected chi connectivity index (χ4v) is 3.96. The van der Waals surface area contributed by atoms with Crippen LogP contribution in [0, 0.1) is 11.7 Å². The zero-order valence-electron chi connectivity index (χ0n) is 16.2. The first-order chi connectivity index (χ1) is 13.3. The van der Waals surface area contributed by atoms with Gasteiger partial charge in [0.2, 0.25) is 0 Å². The van der Waals surface area contributed by atoms with Gasteiger partial charge < -0.3 is 19.0 Å². The Morgan fingerprint density at radius 3 is 2.82 bits per heavy atom. The average molecular weight is 414 g/mol. The molecule has 0 N–H and O–H groups in total. The number of ether oxygens (including phenoxy) is 3. The average Bonchev–Trinajstić information content (AvgIpc) is 2.96. The van der Waals surface area contributed by atoms with Crippen molar-refractivity contribution in [1.82, 2.24) is 9.97 Å². The van der Waals surface area contributed by atoms with E-state index in [4.69, 9.17) is 14.2 Å². The second-order valence-corrected chi connectivity index (χ2v) is 8.27. The molecule has 2 aromatic rings. The van der Waals surface area contributed by atoms with Crippen molar-refractivity contribution in [1.29, 1.82) is 0 Å². The summed E-state index contributed by atoms with van der Waals surface area (Å²) in [6.07, 6.45) is 0.600. The van der Waals surface area contributed by atoms with Crippen molar-refractivity contribution in [2.75, 3.05) is 19.8 Å². The zero-order valence-corrected chi connectivity index (χ0v) is 17.0. The van der Waals surface area contributed by atoms with Gasteiger partial charge in [-0.15, -0.1) is 0 Å². The van der Waals surface area contributed by atoms with Crippen LogP contribution in [0.1, 0.15) is 40.0 Å². The quantitative estimate of drug-likeness (QED) is 0.583. The van der Waals surface area contributed by atoms with Gasteiger partial charge in [-0.05, 0) is 19.8 Å². The number of aromatic nitrogens is 2. The Kier molecular flexibility index (Phi) is 6.44. The van der Waals surface area contributed by atoms with Gasteiger partial charge in [0.25, 0.3) is 11.1 Å². The number of pyridine rings is 1. The van der Waals surface area contributed by atoms with Crippen LogP contribution in [-0.4, -0.2) is 47.3 Å². The largest absolute Gasteiger partial charge is 0.472 e. The summed E-state index contributed by atoms with van der Waals surface area (Å²) in [5.41, 5.74) is -1.19. The lowest BCUT2D eigenvalue weighted by Gasteiger charge is -2.40. The highest BCUT2D eigenvalue weighted by Crippen LogP contribution is 2.39. The second-order valence-electron chi connectivity index (χ2n) is 7.33. The monoisotopic (exact) mass is 414 g/mol. The minimum atomic E-state index is -1.57. The molecule has 0 aliphatic heterocycles. The first-order valence-electron chi connectivity index (χ1n) is 9.30. The molecule has 0 bridgehead atoms. The molecule has 28 heavy (non-hydrogen) atoms. The van der Waals surface area contributed by atoms with Crippen molar-refractivity contribution in [2.24, 2.45) is 5.92 Å². The molecule has 0 radical (unpaired) electrons. The first-order valence-corrected chi connectivity index (χ1v) is 10.1. The second kappa shape index (κ2) is 8.65. The molecule has 1 saturated carbocycles. The van der Waals surface area contributed by atoms with E-state index in [0.717, 1.165) is 0 Å². The predicted molar refractivity (Wildman–Crippen MR) is 101 cm³/mol. The Labute approximate surface area is 166 Å². The van der Waals surface area contributed by atoms with Gasteiger partial charge in [0.1, 0.15) is 23.6 Å². The fraction of sp³-hybridized carbons (Fsp3) is 0.632. The molecule has 9 heteroatoms. The maximum absolute atomic E-state index is 14.7. The molecule has 0 amide bonds. The first kappa shape index (κ1) is 20.9. The highest BCUT2D eigenvalue weighted by atomic mass is 32.1. The summed E-state index contributed by atoms with van der Waals surface area (Å²) in [5, 5.41) is 0.404. The summed E-state index contributed by atoms with van der Waals surface area (Å²) in [6.45, 7) is 5.87. The van der Waals surface area contributed by atoms with Gasteiger partial charge in [0.15, 0.2) is 10.6 Å². The van der Waals surface area contributed by atoms with Gasteiger partial charge in [0, 0.05) is 31.9 Å². The third-order valence-corrected chi connectivity index (χ3v) is 5.34. The molecule has 0 unspecified atom stereocenters. The number of alkyl halides is 1. The molecule has 2 aromatic heterocycles. The summed E-state index contributed by atoms with van der Waals surface area (Å²) in [5.74, 6) is -0.710. The maximum atomic E-state index is 14.7. The SMILES string of the molecule is CCOc1nc2cc(F)c(OCC3(F)CC(OC[C@H](C)CC(C)=O)C3)nc2s1. The van der Waals surface area contributed by atoms with Crippen LogP contribution in [0.15, 0.2) is 6.07 Å². The Bertz CT molecular complexity index is 839. The van der Waals surface area contributed by atoms with E-state index < -0.39 is 11.5 Å². The Morgan fingerprint density at radius 1 is 1.39 bits per heavy atom. The van der Waals surface area contributed by atoms with E-state index in [1.165, 1.54) is 24.3 Å². The predicted octanol–water partition coefficient (Wildman–Crippen LogP) is 4.11. The highest BCUT2D eigenvalue weighted by Gasteiger charge is 2.46. The van der Waals surface area contributed by atoms with E-state index in [9.17, 15) is 13.6 Å². The fourth-order valence-electron chi connectivity index (χ4n) is 3.13. The third-order valence-electron chi connectivity index (χ3n) is 4.46. The molecule has 0 saturated heterocycles. The molecule has 1 aliphatic carbocycles. The summed E-state index contributed by atoms with van der Waals surface area (Å²) in [6, 6.07) is 1.21. The summed E-state index contributed by atoms with van der Waals surface area (Å²) >= 11 is 1.18. The molecule has 0 spiro atoms. The minimum Gasteiger partial charge on any atom is -0.472 e. The lowest BCUT2D eigenvalue weighted by atomic mass is 9.79. The van der Waals surface area contributed by atoms with Crippen LogP contribution in [0.4, 0.5) is 8.78 Å². The number of hydrogen-bond donors (Lipinski definition) is 0. The van der Waals surface area contributed by atoms with E-state index in [0.29, 0.717) is 35.2 Å². The lowest BCUT2D eigenvalue weighted by Crippen LogP contribution is -2.49. The standard InChI is InChI=1S/C19H24F2N2O4S/c1-4-25-18-22-15-6-14(20)16(23-17(15)28-18)27-10-19(21)7-13(8-19)26-9-11(2)5-12(3)24/h6,11,13H,4-5,7-10H2,1-3H3/t11-,13?,19?/m1/s1. The zero-order chi connectivity index (χ0) is 20.3. The maximum Gasteiger partial charge on any atom is 0.275 e. The van der Waals surface area contributed by atoms with Crippen LogP contribution < -0.4 is 9.47 Å². The van der Waals surface area contributed by atoms with Crippen LogP contribution in [0.5, 0.6) is 11.1 Å². The van der Waals surface area contributed by atoms with E-state index in [-0.39, 0.29) is 43.1 Å². The van der Waals surface area contributed by atoms with Gasteiger partial charge in [-0.2, -0.15) is 4.98 Å². The number of ketones is 1. The third kappa shape index (κ3) is 5.14. The number of Topliss-reactive ketones (excluding diaryl/α,β-unsaturated/α-hetero) is 1. The molecule has 1 fully saturated rings. The number of carbonyl (C=O) groups is 1. The number of hydrogen-bond acceptors (Lipinski definition) is 7. The van der Waals surface area contributed by atoms with Crippen LogP contribution in [0.2, 0.25) is 0 Å². The Hall–Kier alpha value is -1.87. The van der Waals surface area contributed by atoms with E-state index in [1.807, 2.05) is 13.8 Å². The number of carbonyl (C=O) groups excluding carboxylic acids is 1. The van der Waals surface area contributed by atoms with E-state index in [2.05, 4.69) is 9.97 Å². The van der Waals surface area contributed by atoms with Crippen LogP contribution in [0.3, 0.4) is 0 Å². The molecule has 1 atom stereocenters. The van der Waals surface area contributed by atoms with Gasteiger partial charge in [-0.3, -0.25) is 0 Å². The molecule has 154 valence electrons. The molecule has 1 aliphatic rings. The Balaban J connectivity index is 1.50. The molecule has 3 rings (SSSR count). The van der Waals surface area contributed by atoms with Crippen LogP contribution in [-0.2, 0) is 9.53 Å². The minimum absolute atomic E-state index is 0.106. The van der Waals surface area contributed by atoms with Gasteiger partial charge >= 0.3 is 0 Å². The number of nitrogens with zero attached hydrogens (tertiary/aromatic N) is 2. The lowest BCUT2D eigenvalue weighted by molar-refractivity contribution is -0.125. The van der Waals surface area contributed by atoms with Crippen LogP contribution in [0.25, 0.3) is 10.3 Å². The highest BCUT2D eigenvalue weighted by molar-refractivity contribution is 7.19. The van der Waals surface area contributed by atoms with E-state index in [1.54, 1.807) is 0 Å². The summed E-state index contributed by atoms with van der Waals surface area (Å²) in [4.78, 5) is 19.8. The molecule has 2 heterocycles. The van der Waals surface area contributed by atoms with Crippen molar-refractivity contribution in [2.45, 2.75) is 51.8 Å². The molecule has 0 aromatic carbocycles. The van der Waals surface area contributed by atoms with E-state index >= 15 is 0 Å². The van der Waals surface area contributed by atoms with Gasteiger partial charge in [-0.25, -0.2) is 13.8 Å². The van der Waals surface area contributed by atoms with Crippen molar-refractivity contribution < 1.29 is 27.8 Å². The number of halogens is 2. The summed E-state index contributed by atoms with van der Waals surface area (Å²) < 4.78 is 45.1. The molecular weight excluding hydrogens is 390 g/mol. The summed E-state index contributed by atoms with van der Waals surface area (Å²) in [7, 11) is 0. The van der Waals surface area contributed by atoms with Crippen LogP contribution >= 0.6 is 11.3 Å².